The number of hydrogen-bond acceptors (Lipinski definition) is 22. The molecule has 0 spiro atoms. The number of anilines is 3. The third-order valence-corrected chi connectivity index (χ3v) is 17.3. The van der Waals surface area contributed by atoms with Crippen molar-refractivity contribution in [3.8, 4) is 11.5 Å². The van der Waals surface area contributed by atoms with E-state index in [0.717, 1.165) is 0 Å². The number of carbonyl (C=O) groups excluding carboxylic acids is 9. The molecule has 1 saturated heterocycles. The average Bonchev–Trinajstić information content (AvgIpc) is 1.62. The van der Waals surface area contributed by atoms with E-state index in [1.807, 2.05) is 26.0 Å². The Hall–Kier alpha value is -11.0. The summed E-state index contributed by atoms with van der Waals surface area (Å²) in [6.45, 7) is 17.7. The summed E-state index contributed by atoms with van der Waals surface area (Å²) in [6.07, 6.45) is 4.02. The number of piperazine rings is 1. The molecule has 1 aliphatic rings. The summed E-state index contributed by atoms with van der Waals surface area (Å²) in [4.78, 5) is 132. The summed E-state index contributed by atoms with van der Waals surface area (Å²) in [7, 11) is 1.44. The van der Waals surface area contributed by atoms with Gasteiger partial charge in [0.1, 0.15) is 52.6 Å². The van der Waals surface area contributed by atoms with Gasteiger partial charge >= 0.3 is 12.1 Å². The maximum atomic E-state index is 14.1. The molecule has 7 aromatic rings. The second-order valence-electron chi connectivity index (χ2n) is 25.6. The summed E-state index contributed by atoms with van der Waals surface area (Å²) in [5.41, 5.74) is 26.9. The molecule has 36 heteroatoms. The van der Waals surface area contributed by atoms with E-state index >= 15 is 0 Å². The monoisotopic (exact) mass is 1500 g/mol. The molecule has 14 N–H and O–H groups in total. The van der Waals surface area contributed by atoms with Gasteiger partial charge in [-0.05, 0) is 107 Å². The highest BCUT2D eigenvalue weighted by atomic mass is 16.6. The molecule has 4 aromatic heterocycles. The molecule has 36 nitrogen and oxygen atoms in total. The maximum absolute atomic E-state index is 14.1. The number of rotatable bonds is 44. The van der Waals surface area contributed by atoms with Crippen LogP contribution >= 0.6 is 0 Å². The maximum Gasteiger partial charge on any atom is 0.410 e. The topological polar surface area (TPSA) is 472 Å². The molecule has 10 amide bonds. The molecule has 0 radical (unpaired) electrons. The molecule has 3 aromatic carbocycles. The van der Waals surface area contributed by atoms with Gasteiger partial charge in [-0.15, -0.1) is 0 Å². The molecule has 1 aliphatic heterocycles. The van der Waals surface area contributed by atoms with Gasteiger partial charge in [0, 0.05) is 95.2 Å². The Morgan fingerprint density at radius 3 is 1.65 bits per heavy atom. The van der Waals surface area contributed by atoms with E-state index in [-0.39, 0.29) is 106 Å². The molecule has 8 rings (SSSR count). The quantitative estimate of drug-likeness (QED) is 0.0193. The number of aryl methyl sites for hydroxylation is 4. The summed E-state index contributed by atoms with van der Waals surface area (Å²) in [5, 5.41) is 25.6. The number of aromatic nitrogens is 8. The SMILES string of the molecule is CCn1nc(C)cc1C(=O)Nc1nc2cc(C(N)=O)cc(OC)c2n1C/C=C/Cn1c(NC(=O)c2cc(C)nn2CC)nc2cc(C(N)=O)cc(OCCCN3CCN(C(=O)OCc4ccc(NC(=O)[C@H](CCCNC(N)=O)NC(=O)[C@H](NC(=O)CCOCCOCCOCCOCCN)C(C)C)cc4)CC3)c21. The van der Waals surface area contributed by atoms with Crippen molar-refractivity contribution in [1.82, 2.24) is 64.4 Å². The molecule has 2 atom stereocenters. The third kappa shape index (κ3) is 23.7. The molecule has 584 valence electrons. The fraction of sp³-hybridized carbons (Fsp3) is 0.486. The summed E-state index contributed by atoms with van der Waals surface area (Å²) in [6, 6.07) is 13.2. The minimum absolute atomic E-state index is 0.0240. The number of nitrogens with two attached hydrogens (primary N) is 4. The number of hydrogen-bond donors (Lipinski definition) is 10. The van der Waals surface area contributed by atoms with Crippen molar-refractivity contribution >= 4 is 93.1 Å². The first-order valence-corrected chi connectivity index (χ1v) is 35.9. The number of methoxy groups -OCH3 is 1. The summed E-state index contributed by atoms with van der Waals surface area (Å²) < 4.78 is 46.3. The van der Waals surface area contributed by atoms with Crippen molar-refractivity contribution in [1.29, 1.82) is 0 Å². The zero-order chi connectivity index (χ0) is 77.8. The van der Waals surface area contributed by atoms with Gasteiger partial charge in [-0.1, -0.05) is 38.1 Å². The normalized spacial score (nSPS) is 13.0. The number of nitrogens with one attached hydrogen (secondary N) is 6. The number of carbonyl (C=O) groups is 9. The predicted octanol–water partition coefficient (Wildman–Crippen LogP) is 3.55. The van der Waals surface area contributed by atoms with Gasteiger partial charge in [-0.2, -0.15) is 10.2 Å². The Morgan fingerprint density at radius 1 is 0.611 bits per heavy atom. The number of amides is 10. The standard InChI is InChI=1S/C72H100N20O16/c1-8-91-55(38-46(5)85-91)66(97)83-70-80-53-40-49(63(74)94)42-57(102-7)61(53)89(70)23-10-11-24-90-62-54(81-71(90)84-67(98)56-39-47(6)86-92(56)9-2)41-50(64(75)95)43-58(62)107-29-13-22-87-25-27-88(28-26-87)72(101)108-44-48-15-17-51(18-16-48)78-65(96)52(14-12-21-77-69(76)100)79-68(99)60(45(3)4)82-59(93)19-30-103-32-34-105-36-37-106-35-33-104-31-20-73/h10-11,15-18,38-43,45,52,60H,8-9,12-14,19-37,44,73H2,1-7H3,(H2,74,94)(H2,75,95)(H,78,96)(H,79,99)(H,82,93)(H3,76,77,100)(H,80,83,97)(H,81,84,98)/b11-10+/t52-,60+/m0/s1. The van der Waals surface area contributed by atoms with Gasteiger partial charge in [-0.25, -0.2) is 19.6 Å². The summed E-state index contributed by atoms with van der Waals surface area (Å²) in [5.74, 6) is -3.52. The lowest BCUT2D eigenvalue weighted by atomic mass is 10.0. The van der Waals surface area contributed by atoms with Crippen LogP contribution in [0.15, 0.2) is 72.8 Å². The highest BCUT2D eigenvalue weighted by molar-refractivity contribution is 6.06. The number of benzene rings is 3. The van der Waals surface area contributed by atoms with Crippen molar-refractivity contribution in [2.75, 3.05) is 128 Å². The van der Waals surface area contributed by atoms with E-state index in [1.54, 1.807) is 87.5 Å². The van der Waals surface area contributed by atoms with Gasteiger partial charge in [0.2, 0.25) is 41.4 Å². The zero-order valence-corrected chi connectivity index (χ0v) is 62.2. The Labute approximate surface area is 624 Å². The molecule has 1 fully saturated rings. The van der Waals surface area contributed by atoms with Crippen molar-refractivity contribution in [3.05, 3.63) is 112 Å². The minimum Gasteiger partial charge on any atom is -0.494 e. The van der Waals surface area contributed by atoms with Crippen LogP contribution in [0, 0.1) is 19.8 Å². The predicted molar refractivity (Wildman–Crippen MR) is 399 cm³/mol. The Morgan fingerprint density at radius 2 is 1.14 bits per heavy atom. The van der Waals surface area contributed by atoms with Gasteiger partial charge in [0.25, 0.3) is 11.8 Å². The minimum atomic E-state index is -1.08. The van der Waals surface area contributed by atoms with Crippen molar-refractivity contribution < 1.29 is 76.3 Å². The number of primary amides is 3. The average molecular weight is 1500 g/mol. The second-order valence-corrected chi connectivity index (χ2v) is 25.6. The van der Waals surface area contributed by atoms with E-state index < -0.39 is 65.6 Å². The molecular weight excluding hydrogens is 1400 g/mol. The van der Waals surface area contributed by atoms with Crippen molar-refractivity contribution in [2.24, 2.45) is 28.9 Å². The van der Waals surface area contributed by atoms with E-state index in [1.165, 1.54) is 31.4 Å². The molecular formula is C72H100N20O16. The van der Waals surface area contributed by atoms with Crippen LogP contribution in [0.1, 0.15) is 112 Å². The highest BCUT2D eigenvalue weighted by Gasteiger charge is 2.31. The lowest BCUT2D eigenvalue weighted by molar-refractivity contribution is -0.132. The summed E-state index contributed by atoms with van der Waals surface area (Å²) >= 11 is 0. The zero-order valence-electron chi connectivity index (χ0n) is 62.2. The fourth-order valence-corrected chi connectivity index (χ4v) is 11.8. The van der Waals surface area contributed by atoms with Crippen LogP contribution < -0.4 is 64.3 Å². The first-order chi connectivity index (χ1) is 52.0. The van der Waals surface area contributed by atoms with Crippen LogP contribution in [0.3, 0.4) is 0 Å². The van der Waals surface area contributed by atoms with Gasteiger partial charge in [0.05, 0.1) is 89.0 Å². The van der Waals surface area contributed by atoms with E-state index in [2.05, 4.69) is 47.0 Å². The first kappa shape index (κ1) is 82.6. The van der Waals surface area contributed by atoms with Crippen molar-refractivity contribution in [2.45, 2.75) is 112 Å². The molecule has 5 heterocycles. The molecule has 0 aliphatic carbocycles. The third-order valence-electron chi connectivity index (χ3n) is 17.3. The molecule has 0 bridgehead atoms. The van der Waals surface area contributed by atoms with Gasteiger partial charge < -0.3 is 91.4 Å². The van der Waals surface area contributed by atoms with Crippen LogP contribution in [0.5, 0.6) is 11.5 Å². The fourth-order valence-electron chi connectivity index (χ4n) is 11.8. The number of imidazole rings is 2. The van der Waals surface area contributed by atoms with E-state index in [9.17, 15) is 43.2 Å². The Kier molecular flexibility index (Phi) is 31.5. The second kappa shape index (κ2) is 41.2. The number of fused-ring (bicyclic) bond motifs is 2. The van der Waals surface area contributed by atoms with Crippen LogP contribution in [-0.4, -0.2) is 226 Å². The van der Waals surface area contributed by atoms with Gasteiger partial charge in [0.15, 0.2) is 0 Å². The lowest BCUT2D eigenvalue weighted by Crippen LogP contribution is -2.54. The van der Waals surface area contributed by atoms with Crippen molar-refractivity contribution in [3.63, 3.8) is 0 Å². The number of allylic oxidation sites excluding steroid dienone is 2. The molecule has 108 heavy (non-hydrogen) atoms. The first-order valence-electron chi connectivity index (χ1n) is 35.9. The highest BCUT2D eigenvalue weighted by Crippen LogP contribution is 2.34. The van der Waals surface area contributed by atoms with Crippen LogP contribution in [-0.2, 0) is 70.9 Å². The van der Waals surface area contributed by atoms with Gasteiger partial charge in [-0.3, -0.25) is 58.5 Å². The smallest absolute Gasteiger partial charge is 0.410 e. The molecule has 0 unspecified atom stereocenters. The number of urea groups is 1. The Balaban J connectivity index is 0.853. The van der Waals surface area contributed by atoms with E-state index in [0.29, 0.717) is 155 Å². The molecule has 0 saturated carbocycles. The number of nitrogens with zero attached hydrogens (tertiary/aromatic N) is 10. The van der Waals surface area contributed by atoms with Crippen LogP contribution in [0.25, 0.3) is 22.1 Å². The van der Waals surface area contributed by atoms with E-state index in [4.69, 9.17) is 66.1 Å². The largest absolute Gasteiger partial charge is 0.494 e. The van der Waals surface area contributed by atoms with Crippen LogP contribution in [0.4, 0.5) is 27.2 Å². The van der Waals surface area contributed by atoms with Crippen LogP contribution in [0.2, 0.25) is 0 Å². The lowest BCUT2D eigenvalue weighted by Gasteiger charge is -2.34. The Bertz CT molecular complexity index is 4270. The number of ether oxygens (including phenoxy) is 7.